The number of Topliss-reactive ketones (excluding diaryl/α,β-unsaturated/α-hetero) is 1. The molecule has 0 heterocycles. The lowest BCUT2D eigenvalue weighted by Gasteiger charge is -2.16. The average molecular weight is 261 g/mol. The van der Waals surface area contributed by atoms with E-state index in [0.717, 1.165) is 6.07 Å². The van der Waals surface area contributed by atoms with Crippen molar-refractivity contribution in [2.45, 2.75) is 6.18 Å². The van der Waals surface area contributed by atoms with Crippen LogP contribution in [0.1, 0.15) is 15.9 Å². The molecule has 0 radical (unpaired) electrons. The van der Waals surface area contributed by atoms with Gasteiger partial charge in [0.2, 0.25) is 0 Å². The summed E-state index contributed by atoms with van der Waals surface area (Å²) in [6.45, 7) is 0. The Morgan fingerprint density at radius 2 is 1.78 bits per heavy atom. The van der Waals surface area contributed by atoms with Crippen LogP contribution in [-0.2, 0) is 11.0 Å². The van der Waals surface area contributed by atoms with E-state index in [-0.39, 0.29) is 0 Å². The summed E-state index contributed by atoms with van der Waals surface area (Å²) in [5, 5.41) is 8.52. The Morgan fingerprint density at radius 1 is 1.22 bits per heavy atom. The van der Waals surface area contributed by atoms with E-state index in [2.05, 4.69) is 0 Å². The van der Waals surface area contributed by atoms with Crippen molar-refractivity contribution >= 4 is 17.4 Å². The lowest BCUT2D eigenvalue weighted by molar-refractivity contribution is -0.138. The highest BCUT2D eigenvalue weighted by Gasteiger charge is 2.36. The maximum atomic E-state index is 12.6. The van der Waals surface area contributed by atoms with Gasteiger partial charge in [0.1, 0.15) is 0 Å². The van der Waals surface area contributed by atoms with Gasteiger partial charge in [0.25, 0.3) is 5.78 Å². The summed E-state index contributed by atoms with van der Waals surface area (Å²) in [7, 11) is 3.13. The molecule has 0 aromatic heterocycles. The van der Waals surface area contributed by atoms with Gasteiger partial charge in [-0.3, -0.25) is 4.79 Å². The van der Waals surface area contributed by atoms with E-state index in [4.69, 9.17) is 5.11 Å². The minimum atomic E-state index is -4.77. The number of carbonyl (C=O) groups is 2. The number of ketones is 1. The van der Waals surface area contributed by atoms with Gasteiger partial charge in [-0.15, -0.1) is 0 Å². The number of carbonyl (C=O) groups excluding carboxylic acids is 1. The zero-order valence-corrected chi connectivity index (χ0v) is 9.58. The Hall–Kier alpha value is -2.05. The monoisotopic (exact) mass is 261 g/mol. The number of rotatable bonds is 3. The molecule has 1 N–H and O–H groups in total. The van der Waals surface area contributed by atoms with Crippen LogP contribution in [-0.4, -0.2) is 31.0 Å². The number of nitrogens with zero attached hydrogens (tertiary/aromatic N) is 1. The molecule has 7 heteroatoms. The molecule has 0 fully saturated rings. The van der Waals surface area contributed by atoms with Gasteiger partial charge in [0.15, 0.2) is 0 Å². The van der Waals surface area contributed by atoms with Gasteiger partial charge >= 0.3 is 12.1 Å². The van der Waals surface area contributed by atoms with E-state index in [1.807, 2.05) is 0 Å². The molecule has 0 unspecified atom stereocenters. The van der Waals surface area contributed by atoms with E-state index >= 15 is 0 Å². The molecule has 0 bridgehead atoms. The van der Waals surface area contributed by atoms with Crippen LogP contribution in [0.25, 0.3) is 0 Å². The standard InChI is InChI=1S/C11H10F3NO3/c1-15(2)6-3-4-8(11(12,13)14)7(5-6)9(16)10(17)18/h3-5H,1-2H3,(H,17,18). The fraction of sp³-hybridized carbons (Fsp3) is 0.273. The van der Waals surface area contributed by atoms with Gasteiger partial charge in [-0.2, -0.15) is 13.2 Å². The molecule has 0 aliphatic carbocycles. The first kappa shape index (κ1) is 14.0. The molecular weight excluding hydrogens is 251 g/mol. The van der Waals surface area contributed by atoms with Crippen LogP contribution in [0.2, 0.25) is 0 Å². The van der Waals surface area contributed by atoms with Crippen molar-refractivity contribution in [1.29, 1.82) is 0 Å². The molecule has 4 nitrogen and oxygen atoms in total. The van der Waals surface area contributed by atoms with Crippen LogP contribution in [0.5, 0.6) is 0 Å². The number of anilines is 1. The number of hydrogen-bond acceptors (Lipinski definition) is 3. The zero-order chi connectivity index (χ0) is 14.1. The Kier molecular flexibility index (Phi) is 3.64. The van der Waals surface area contributed by atoms with Crippen molar-refractivity contribution in [3.8, 4) is 0 Å². The summed E-state index contributed by atoms with van der Waals surface area (Å²) in [5.74, 6) is -3.50. The summed E-state index contributed by atoms with van der Waals surface area (Å²) in [4.78, 5) is 23.3. The number of halogens is 3. The van der Waals surface area contributed by atoms with Crippen LogP contribution in [0.15, 0.2) is 18.2 Å². The molecule has 0 spiro atoms. The molecular formula is C11H10F3NO3. The maximum Gasteiger partial charge on any atom is 0.417 e. The number of alkyl halides is 3. The van der Waals surface area contributed by atoms with E-state index < -0.39 is 29.1 Å². The molecule has 98 valence electrons. The summed E-state index contributed by atoms with van der Waals surface area (Å²) >= 11 is 0. The second kappa shape index (κ2) is 4.67. The molecule has 0 aliphatic rings. The number of aliphatic carboxylic acids is 1. The normalized spacial score (nSPS) is 11.2. The van der Waals surface area contributed by atoms with E-state index in [9.17, 15) is 22.8 Å². The Bertz CT molecular complexity index is 495. The summed E-state index contributed by atoms with van der Waals surface area (Å²) in [6.07, 6.45) is -4.77. The molecule has 18 heavy (non-hydrogen) atoms. The lowest BCUT2D eigenvalue weighted by atomic mass is 10.0. The minimum absolute atomic E-state index is 0.313. The highest BCUT2D eigenvalue weighted by molar-refractivity contribution is 6.40. The zero-order valence-electron chi connectivity index (χ0n) is 9.58. The largest absolute Gasteiger partial charge is 0.475 e. The number of benzene rings is 1. The maximum absolute atomic E-state index is 12.6. The van der Waals surface area contributed by atoms with Crippen molar-refractivity contribution in [2.24, 2.45) is 0 Å². The first-order valence-corrected chi connectivity index (χ1v) is 4.80. The van der Waals surface area contributed by atoms with Gasteiger partial charge < -0.3 is 10.0 Å². The van der Waals surface area contributed by atoms with E-state index in [1.165, 1.54) is 11.0 Å². The Balaban J connectivity index is 3.45. The predicted octanol–water partition coefficient (Wildman–Crippen LogP) is 2.04. The fourth-order valence-corrected chi connectivity index (χ4v) is 1.36. The minimum Gasteiger partial charge on any atom is -0.475 e. The highest BCUT2D eigenvalue weighted by atomic mass is 19.4. The van der Waals surface area contributed by atoms with Crippen molar-refractivity contribution in [3.05, 3.63) is 29.3 Å². The molecule has 0 atom stereocenters. The fourth-order valence-electron chi connectivity index (χ4n) is 1.36. The highest BCUT2D eigenvalue weighted by Crippen LogP contribution is 2.34. The molecule has 1 aromatic rings. The molecule has 1 aromatic carbocycles. The molecule has 0 saturated heterocycles. The quantitative estimate of drug-likeness (QED) is 0.668. The summed E-state index contributed by atoms with van der Waals surface area (Å²) in [5.41, 5.74) is -1.80. The summed E-state index contributed by atoms with van der Waals surface area (Å²) in [6, 6.07) is 2.78. The second-order valence-corrected chi connectivity index (χ2v) is 3.76. The first-order chi connectivity index (χ1) is 8.14. The van der Waals surface area contributed by atoms with Gasteiger partial charge in [-0.25, -0.2) is 4.79 Å². The predicted molar refractivity (Wildman–Crippen MR) is 57.7 cm³/mol. The molecule has 0 saturated carbocycles. The Labute approximate surface area is 101 Å². The number of carboxylic acid groups (broad SMARTS) is 1. The molecule has 1 rings (SSSR count). The van der Waals surface area contributed by atoms with Crippen LogP contribution in [0.3, 0.4) is 0 Å². The van der Waals surface area contributed by atoms with Crippen molar-refractivity contribution in [1.82, 2.24) is 0 Å². The third kappa shape index (κ3) is 2.79. The smallest absolute Gasteiger partial charge is 0.417 e. The van der Waals surface area contributed by atoms with Crippen molar-refractivity contribution < 1.29 is 27.9 Å². The Morgan fingerprint density at radius 3 is 2.17 bits per heavy atom. The van der Waals surface area contributed by atoms with Crippen molar-refractivity contribution in [3.63, 3.8) is 0 Å². The van der Waals surface area contributed by atoms with Crippen LogP contribution < -0.4 is 4.90 Å². The lowest BCUT2D eigenvalue weighted by Crippen LogP contribution is -2.20. The SMILES string of the molecule is CN(C)c1ccc(C(F)(F)F)c(C(=O)C(=O)O)c1. The van der Waals surface area contributed by atoms with Gasteiger partial charge in [-0.1, -0.05) is 0 Å². The van der Waals surface area contributed by atoms with Gasteiger partial charge in [-0.05, 0) is 18.2 Å². The van der Waals surface area contributed by atoms with E-state index in [0.29, 0.717) is 11.8 Å². The average Bonchev–Trinajstić information content (AvgIpc) is 2.25. The number of carboxylic acids is 1. The van der Waals surface area contributed by atoms with Gasteiger partial charge in [0.05, 0.1) is 5.56 Å². The van der Waals surface area contributed by atoms with E-state index in [1.54, 1.807) is 14.1 Å². The first-order valence-electron chi connectivity index (χ1n) is 4.80. The third-order valence-corrected chi connectivity index (χ3v) is 2.26. The van der Waals surface area contributed by atoms with Gasteiger partial charge in [0, 0.05) is 25.3 Å². The summed E-state index contributed by atoms with van der Waals surface area (Å²) < 4.78 is 37.9. The topological polar surface area (TPSA) is 57.6 Å². The van der Waals surface area contributed by atoms with Crippen LogP contribution >= 0.6 is 0 Å². The van der Waals surface area contributed by atoms with Crippen molar-refractivity contribution in [2.75, 3.05) is 19.0 Å². The van der Waals surface area contributed by atoms with Crippen LogP contribution in [0.4, 0.5) is 18.9 Å². The number of hydrogen-bond donors (Lipinski definition) is 1. The van der Waals surface area contributed by atoms with Crippen LogP contribution in [0, 0.1) is 0 Å². The second-order valence-electron chi connectivity index (χ2n) is 3.76. The molecule has 0 aliphatic heterocycles. The third-order valence-electron chi connectivity index (χ3n) is 2.26. The molecule has 0 amide bonds.